The van der Waals surface area contributed by atoms with Crippen LogP contribution in [-0.2, 0) is 76.0 Å². The normalized spacial score (nSPS) is 52.1. The number of hydrogen-bond acceptors (Lipinski definition) is 28. The molecule has 0 aromatic carbocycles. The summed E-state index contributed by atoms with van der Waals surface area (Å²) < 4.78 is 75.5. The van der Waals surface area contributed by atoms with Gasteiger partial charge in [-0.1, -0.05) is 54.5 Å². The number of carboxylic acid groups (broad SMARTS) is 1. The molecule has 1 spiro atoms. The predicted molar refractivity (Wildman–Crippen MR) is 308 cm³/mol. The van der Waals surface area contributed by atoms with E-state index in [1.165, 1.54) is 20.8 Å². The lowest BCUT2D eigenvalue weighted by atomic mass is 9.30. The zero-order valence-corrected chi connectivity index (χ0v) is 54.2. The Morgan fingerprint density at radius 3 is 1.68 bits per heavy atom. The highest BCUT2D eigenvalue weighted by molar-refractivity contribution is 5.87. The molecule has 0 unspecified atom stereocenters. The average molecular weight is 1320 g/mol. The first-order valence-corrected chi connectivity index (χ1v) is 32.2. The molecule has 5 saturated heterocycles. The van der Waals surface area contributed by atoms with Gasteiger partial charge in [0, 0.05) is 36.2 Å². The minimum absolute atomic E-state index is 0.0914. The van der Waals surface area contributed by atoms with Crippen molar-refractivity contribution in [1.29, 1.82) is 0 Å². The van der Waals surface area contributed by atoms with Crippen LogP contribution in [0, 0.1) is 50.2 Å². The smallest absolute Gasteiger partial charge is 0.335 e. The van der Waals surface area contributed by atoms with E-state index in [2.05, 4.69) is 20.8 Å². The first-order chi connectivity index (χ1) is 42.9. The van der Waals surface area contributed by atoms with E-state index >= 15 is 0 Å². The zero-order valence-electron chi connectivity index (χ0n) is 54.2. The molecule has 29 heteroatoms. The highest BCUT2D eigenvalue weighted by atomic mass is 16.8. The van der Waals surface area contributed by atoms with Crippen LogP contribution in [0.25, 0.3) is 0 Å². The lowest BCUT2D eigenvalue weighted by Gasteiger charge is -2.75. The number of ether oxygens (including phenoxy) is 12. The lowest BCUT2D eigenvalue weighted by Crippen LogP contribution is -2.77. The number of esters is 3. The van der Waals surface area contributed by atoms with Crippen LogP contribution in [0.4, 0.5) is 0 Å². The van der Waals surface area contributed by atoms with Gasteiger partial charge in [0.15, 0.2) is 43.7 Å². The van der Waals surface area contributed by atoms with Gasteiger partial charge >= 0.3 is 23.9 Å². The SMILES string of the molecule is C/C=C(/C)C(=O)O[C@H]1[C@H](OC(C)=O)[C@@]23[C@@H](CC1(C)C)[C@]1(CC[C@@H]4[C@@]5(C)CC[C@H](O[C@@H]6O[C@H](C(=O)O)[C@@H](O)[C@H](O[C@@H]7O[C@H](CO)[C@H](O)[C@H](O)[C@H]7O[C@@H]7O[C@@H](C)[C@H](O)[C@@H](O)[C@H]7O)[C@H]6O[C@@H]6O[C@H](CO)[C@H](O)[C@H](O)[C@H]6O)C(C)(C)[C@@H]5CC[C@@]4(C)[C@]1(C)C[C@H]2OC(C)=O)O[C@@H]3O. The second kappa shape index (κ2) is 25.6. The second-order valence-corrected chi connectivity index (χ2v) is 29.8. The number of rotatable bonds is 15. The molecule has 0 aromatic heterocycles. The molecule has 5 aliphatic heterocycles. The summed E-state index contributed by atoms with van der Waals surface area (Å²) in [7, 11) is 0. The van der Waals surface area contributed by atoms with Crippen LogP contribution in [0.1, 0.15) is 134 Å². The van der Waals surface area contributed by atoms with Crippen molar-refractivity contribution in [3.63, 3.8) is 0 Å². The number of carboxylic acids is 1. The summed E-state index contributed by atoms with van der Waals surface area (Å²) in [6, 6.07) is 0. The number of aliphatic hydroxyl groups is 12. The fourth-order valence-corrected chi connectivity index (χ4v) is 19.3. The Labute approximate surface area is 533 Å². The van der Waals surface area contributed by atoms with Crippen molar-refractivity contribution in [1.82, 2.24) is 0 Å². The number of carbonyl (C=O) groups is 4. The van der Waals surface area contributed by atoms with Gasteiger partial charge in [-0.05, 0) is 100 Å². The van der Waals surface area contributed by atoms with E-state index in [0.717, 1.165) is 0 Å². The van der Waals surface area contributed by atoms with Gasteiger partial charge in [0.25, 0.3) is 0 Å². The molecular weight excluding hydrogens is 1220 g/mol. The predicted octanol–water partition coefficient (Wildman–Crippen LogP) is -1.31. The first-order valence-electron chi connectivity index (χ1n) is 32.2. The molecule has 0 amide bonds. The van der Waals surface area contributed by atoms with Gasteiger partial charge < -0.3 is 123 Å². The summed E-state index contributed by atoms with van der Waals surface area (Å²) in [5, 5.41) is 145. The second-order valence-electron chi connectivity index (χ2n) is 29.8. The van der Waals surface area contributed by atoms with E-state index in [0.29, 0.717) is 44.1 Å². The number of hydrogen-bond donors (Lipinski definition) is 13. The summed E-state index contributed by atoms with van der Waals surface area (Å²) in [5.74, 6) is -4.61. The molecule has 10 fully saturated rings. The van der Waals surface area contributed by atoms with Crippen molar-refractivity contribution in [2.75, 3.05) is 13.2 Å². The van der Waals surface area contributed by atoms with Crippen LogP contribution >= 0.6 is 0 Å². The minimum atomic E-state index is -2.31. The molecular formula is C63H98O29. The van der Waals surface area contributed by atoms with Gasteiger partial charge in [0.1, 0.15) is 103 Å². The van der Waals surface area contributed by atoms with Crippen molar-refractivity contribution in [3.8, 4) is 0 Å². The van der Waals surface area contributed by atoms with Crippen molar-refractivity contribution in [3.05, 3.63) is 11.6 Å². The van der Waals surface area contributed by atoms with Crippen molar-refractivity contribution >= 4 is 23.9 Å². The van der Waals surface area contributed by atoms with Gasteiger partial charge in [0.2, 0.25) is 0 Å². The highest BCUT2D eigenvalue weighted by Gasteiger charge is 2.86. The molecule has 10 rings (SSSR count). The van der Waals surface area contributed by atoms with Crippen LogP contribution in [0.15, 0.2) is 11.6 Å². The molecule has 0 radical (unpaired) electrons. The van der Waals surface area contributed by atoms with E-state index in [-0.39, 0.29) is 24.7 Å². The lowest BCUT2D eigenvalue weighted by molar-refractivity contribution is -0.406. The van der Waals surface area contributed by atoms with E-state index in [9.17, 15) is 85.6 Å². The summed E-state index contributed by atoms with van der Waals surface area (Å²) in [6.45, 7) is 19.8. The van der Waals surface area contributed by atoms with Crippen LogP contribution in [0.2, 0.25) is 0 Å². The highest BCUT2D eigenvalue weighted by Crippen LogP contribution is 2.82. The summed E-state index contributed by atoms with van der Waals surface area (Å²) in [6.07, 6.45) is -39.5. The quantitative estimate of drug-likeness (QED) is 0.0392. The topological polar surface area (TPSA) is 442 Å². The fraction of sp³-hybridized carbons (Fsp3) is 0.905. The van der Waals surface area contributed by atoms with Crippen molar-refractivity contribution < 1.29 is 142 Å². The minimum Gasteiger partial charge on any atom is -0.479 e. The standard InChI is InChI=1S/C63H98O29/c1-13-24(2)51(79)91-48-49(83-27(5)67)63-32(20-57(48,6)7)62(92-56(63)80)19-15-31-59(10)17-16-33(58(8,9)30(59)14-18-60(31,11)61(62,12)21-34(63)82-26(4)66)86-55-47(90-53-42(75)39(72)36(69)28(22-64)84-53)44(43(76)45(88-55)50(77)78)87-54-46(40(73)37(70)29(23-65)85-54)89-52-41(74)38(71)35(68)25(3)81-52/h13,25,28-49,52-56,64-65,68-76,80H,14-23H2,1-12H3,(H,77,78)/b24-13-/t25-,28+,29+,30-,31+,32-,33-,34+,35-,36-,37-,38+,39-,40-,41+,42+,43-,44-,45-,46+,47+,48-,49-,52-,53-,54-,55+,56-,59-,60+,61-,62-,63+/m0/s1. The van der Waals surface area contributed by atoms with Crippen molar-refractivity contribution in [2.24, 2.45) is 50.2 Å². The summed E-state index contributed by atoms with van der Waals surface area (Å²) in [4.78, 5) is 53.9. The van der Waals surface area contributed by atoms with Gasteiger partial charge in [-0.3, -0.25) is 9.59 Å². The zero-order chi connectivity index (χ0) is 67.8. The van der Waals surface area contributed by atoms with Crippen LogP contribution in [0.5, 0.6) is 0 Å². The number of allylic oxidation sites excluding steroid dienone is 1. The molecule has 5 aliphatic carbocycles. The monoisotopic (exact) mass is 1320 g/mol. The van der Waals surface area contributed by atoms with Crippen LogP contribution < -0.4 is 0 Å². The van der Waals surface area contributed by atoms with Crippen LogP contribution in [0.3, 0.4) is 0 Å². The first kappa shape index (κ1) is 71.5. The third-order valence-electron chi connectivity index (χ3n) is 24.3. The van der Waals surface area contributed by atoms with E-state index < -0.39 is 235 Å². The Balaban J connectivity index is 0.989. The summed E-state index contributed by atoms with van der Waals surface area (Å²) in [5.41, 5.74) is -6.14. The molecule has 2 bridgehead atoms. The molecule has 5 saturated carbocycles. The van der Waals surface area contributed by atoms with Crippen molar-refractivity contribution in [2.45, 2.75) is 294 Å². The molecule has 13 N–H and O–H groups in total. The summed E-state index contributed by atoms with van der Waals surface area (Å²) >= 11 is 0. The van der Waals surface area contributed by atoms with Gasteiger partial charge in [-0.2, -0.15) is 0 Å². The van der Waals surface area contributed by atoms with E-state index in [1.807, 2.05) is 27.7 Å². The molecule has 92 heavy (non-hydrogen) atoms. The Morgan fingerprint density at radius 2 is 1.09 bits per heavy atom. The van der Waals surface area contributed by atoms with E-state index in [4.69, 9.17) is 56.8 Å². The Morgan fingerprint density at radius 1 is 0.533 bits per heavy atom. The molecule has 29 nitrogen and oxygen atoms in total. The van der Waals surface area contributed by atoms with E-state index in [1.54, 1.807) is 19.9 Å². The van der Waals surface area contributed by atoms with Crippen LogP contribution in [-0.4, -0.2) is 263 Å². The largest absolute Gasteiger partial charge is 0.479 e. The number of carbonyl (C=O) groups excluding carboxylic acids is 3. The average Bonchev–Trinajstić information content (AvgIpc) is 1.35. The maximum Gasteiger partial charge on any atom is 0.335 e. The molecule has 10 aliphatic rings. The Hall–Kier alpha value is -3.22. The molecule has 524 valence electrons. The Bertz CT molecular complexity index is 2750. The molecule has 5 heterocycles. The number of fused-ring (bicyclic) bond motifs is 4. The number of aliphatic carboxylic acids is 1. The van der Waals surface area contributed by atoms with Gasteiger partial charge in [0.05, 0.1) is 31.0 Å². The maximum atomic E-state index is 13.7. The third kappa shape index (κ3) is 11.1. The molecule has 0 aromatic rings. The maximum absolute atomic E-state index is 13.7. The van der Waals surface area contributed by atoms with Gasteiger partial charge in [-0.15, -0.1) is 0 Å². The molecule has 33 atom stereocenters. The van der Waals surface area contributed by atoms with Gasteiger partial charge in [-0.25, -0.2) is 9.59 Å². The fourth-order valence-electron chi connectivity index (χ4n) is 19.3. The Kier molecular flexibility index (Phi) is 19.9. The third-order valence-corrected chi connectivity index (χ3v) is 24.3. The number of aliphatic hydroxyl groups excluding tert-OH is 12.